The van der Waals surface area contributed by atoms with Crippen LogP contribution in [0.2, 0.25) is 0 Å². The van der Waals surface area contributed by atoms with Gasteiger partial charge >= 0.3 is 12.0 Å². The fourth-order valence-corrected chi connectivity index (χ4v) is 3.23. The summed E-state index contributed by atoms with van der Waals surface area (Å²) in [7, 11) is 0. The summed E-state index contributed by atoms with van der Waals surface area (Å²) in [6, 6.07) is 0.243. The van der Waals surface area contributed by atoms with Gasteiger partial charge in [0.1, 0.15) is 0 Å². The quantitative estimate of drug-likeness (QED) is 0.833. The SMILES string of the molecule is CC1CCCC(NC(=O)N2CC(C(C)C(=O)O)C2)C1C. The first-order chi connectivity index (χ1) is 9.40. The average Bonchev–Trinajstić information content (AvgIpc) is 2.33. The molecule has 5 heteroatoms. The number of rotatable bonds is 3. The van der Waals surface area contributed by atoms with Gasteiger partial charge in [0.15, 0.2) is 0 Å². The standard InChI is InChI=1S/C15H26N2O3/c1-9-5-4-6-13(10(9)2)16-15(20)17-7-12(8-17)11(3)14(18)19/h9-13H,4-8H2,1-3H3,(H,16,20)(H,18,19). The van der Waals surface area contributed by atoms with E-state index in [0.29, 0.717) is 24.9 Å². The Bertz CT molecular complexity index is 379. The summed E-state index contributed by atoms with van der Waals surface area (Å²) in [4.78, 5) is 24.8. The number of hydrogen-bond acceptors (Lipinski definition) is 2. The molecule has 1 aliphatic heterocycles. The predicted octanol–water partition coefficient (Wildman–Crippen LogP) is 2.17. The summed E-state index contributed by atoms with van der Waals surface area (Å²) in [5, 5.41) is 12.1. The van der Waals surface area contributed by atoms with Crippen LogP contribution in [-0.4, -0.2) is 41.1 Å². The molecule has 2 rings (SSSR count). The summed E-state index contributed by atoms with van der Waals surface area (Å²) in [6.07, 6.45) is 3.48. The molecule has 0 spiro atoms. The van der Waals surface area contributed by atoms with Crippen LogP contribution >= 0.6 is 0 Å². The fourth-order valence-electron chi connectivity index (χ4n) is 3.23. The first kappa shape index (κ1) is 15.1. The van der Waals surface area contributed by atoms with Crippen molar-refractivity contribution in [2.24, 2.45) is 23.7 Å². The van der Waals surface area contributed by atoms with Gasteiger partial charge < -0.3 is 15.3 Å². The van der Waals surface area contributed by atoms with Crippen LogP contribution in [0.25, 0.3) is 0 Å². The Morgan fingerprint density at radius 3 is 2.50 bits per heavy atom. The van der Waals surface area contributed by atoms with Crippen LogP contribution in [0, 0.1) is 23.7 Å². The molecule has 0 aromatic carbocycles. The van der Waals surface area contributed by atoms with Crippen molar-refractivity contribution >= 4 is 12.0 Å². The van der Waals surface area contributed by atoms with Gasteiger partial charge in [0.05, 0.1) is 5.92 Å². The van der Waals surface area contributed by atoms with Gasteiger partial charge in [0, 0.05) is 25.0 Å². The Labute approximate surface area is 120 Å². The molecule has 4 atom stereocenters. The molecule has 2 fully saturated rings. The van der Waals surface area contributed by atoms with Gasteiger partial charge in [0.2, 0.25) is 0 Å². The molecule has 20 heavy (non-hydrogen) atoms. The van der Waals surface area contributed by atoms with E-state index >= 15 is 0 Å². The minimum Gasteiger partial charge on any atom is -0.481 e. The number of hydrogen-bond donors (Lipinski definition) is 2. The summed E-state index contributed by atoms with van der Waals surface area (Å²) < 4.78 is 0. The molecular formula is C15H26N2O3. The zero-order valence-corrected chi connectivity index (χ0v) is 12.6. The number of carbonyl (C=O) groups excluding carboxylic acids is 1. The van der Waals surface area contributed by atoms with E-state index in [9.17, 15) is 9.59 Å². The first-order valence-corrected chi connectivity index (χ1v) is 7.68. The topological polar surface area (TPSA) is 69.6 Å². The van der Waals surface area contributed by atoms with Gasteiger partial charge in [-0.3, -0.25) is 4.79 Å². The third-order valence-electron chi connectivity index (χ3n) is 5.31. The maximum Gasteiger partial charge on any atom is 0.317 e. The van der Waals surface area contributed by atoms with Crippen LogP contribution in [0.3, 0.4) is 0 Å². The van der Waals surface area contributed by atoms with Crippen LogP contribution in [-0.2, 0) is 4.79 Å². The second-order valence-electron chi connectivity index (χ2n) is 6.62. The van der Waals surface area contributed by atoms with E-state index in [1.54, 1.807) is 11.8 Å². The highest BCUT2D eigenvalue weighted by Gasteiger charge is 2.38. The molecule has 2 amide bonds. The van der Waals surface area contributed by atoms with Crippen molar-refractivity contribution in [1.29, 1.82) is 0 Å². The Hall–Kier alpha value is -1.26. The van der Waals surface area contributed by atoms with Crippen molar-refractivity contribution in [2.75, 3.05) is 13.1 Å². The van der Waals surface area contributed by atoms with Crippen molar-refractivity contribution in [1.82, 2.24) is 10.2 Å². The maximum absolute atomic E-state index is 12.2. The zero-order chi connectivity index (χ0) is 14.9. The number of carboxylic acid groups (broad SMARTS) is 1. The predicted molar refractivity (Wildman–Crippen MR) is 76.4 cm³/mol. The van der Waals surface area contributed by atoms with Crippen molar-refractivity contribution < 1.29 is 14.7 Å². The highest BCUT2D eigenvalue weighted by molar-refractivity contribution is 5.76. The molecule has 1 heterocycles. The third kappa shape index (κ3) is 3.07. The molecule has 5 nitrogen and oxygen atoms in total. The molecule has 1 aliphatic carbocycles. The lowest BCUT2D eigenvalue weighted by molar-refractivity contribution is -0.144. The zero-order valence-electron chi connectivity index (χ0n) is 12.6. The Balaban J connectivity index is 1.78. The van der Waals surface area contributed by atoms with Gasteiger partial charge in [-0.1, -0.05) is 33.6 Å². The molecule has 0 aromatic rings. The van der Waals surface area contributed by atoms with E-state index in [2.05, 4.69) is 19.2 Å². The molecule has 0 bridgehead atoms. The van der Waals surface area contributed by atoms with Crippen LogP contribution in [0.15, 0.2) is 0 Å². The second-order valence-corrected chi connectivity index (χ2v) is 6.62. The van der Waals surface area contributed by atoms with Crippen molar-refractivity contribution in [3.8, 4) is 0 Å². The lowest BCUT2D eigenvalue weighted by Crippen LogP contribution is -2.59. The second kappa shape index (κ2) is 6.02. The van der Waals surface area contributed by atoms with Crippen molar-refractivity contribution in [3.63, 3.8) is 0 Å². The average molecular weight is 282 g/mol. The Kier molecular flexibility index (Phi) is 4.55. The largest absolute Gasteiger partial charge is 0.481 e. The lowest BCUT2D eigenvalue weighted by Gasteiger charge is -2.43. The van der Waals surface area contributed by atoms with Gasteiger partial charge in [-0.05, 0) is 18.3 Å². The number of carboxylic acids is 1. The summed E-state index contributed by atoms with van der Waals surface area (Å²) in [5.41, 5.74) is 0. The normalized spacial score (nSPS) is 32.4. The summed E-state index contributed by atoms with van der Waals surface area (Å²) >= 11 is 0. The van der Waals surface area contributed by atoms with Gasteiger partial charge in [-0.25, -0.2) is 4.79 Å². The summed E-state index contributed by atoms with van der Waals surface area (Å²) in [6.45, 7) is 7.30. The van der Waals surface area contributed by atoms with Crippen molar-refractivity contribution in [2.45, 2.75) is 46.1 Å². The monoisotopic (exact) mass is 282 g/mol. The van der Waals surface area contributed by atoms with Crippen molar-refractivity contribution in [3.05, 3.63) is 0 Å². The molecule has 114 valence electrons. The Morgan fingerprint density at radius 1 is 1.25 bits per heavy atom. The minimum atomic E-state index is -0.773. The van der Waals surface area contributed by atoms with E-state index in [1.807, 2.05) is 0 Å². The molecule has 0 radical (unpaired) electrons. The van der Waals surface area contributed by atoms with E-state index < -0.39 is 5.97 Å². The molecule has 2 aliphatic rings. The smallest absolute Gasteiger partial charge is 0.317 e. The third-order valence-corrected chi connectivity index (χ3v) is 5.31. The molecule has 1 saturated heterocycles. The van der Waals surface area contributed by atoms with E-state index in [4.69, 9.17) is 5.11 Å². The number of amides is 2. The van der Waals surface area contributed by atoms with Crippen LogP contribution in [0.5, 0.6) is 0 Å². The lowest BCUT2D eigenvalue weighted by atomic mass is 9.78. The summed E-state index contributed by atoms with van der Waals surface area (Å²) in [5.74, 6) is 0.131. The number of aliphatic carboxylic acids is 1. The molecule has 0 aromatic heterocycles. The number of urea groups is 1. The van der Waals surface area contributed by atoms with Gasteiger partial charge in [-0.2, -0.15) is 0 Å². The minimum absolute atomic E-state index is 0.0233. The molecule has 4 unspecified atom stereocenters. The van der Waals surface area contributed by atoms with E-state index in [0.717, 1.165) is 6.42 Å². The first-order valence-electron chi connectivity index (χ1n) is 7.68. The van der Waals surface area contributed by atoms with E-state index in [1.165, 1.54) is 12.8 Å². The highest BCUT2D eigenvalue weighted by Crippen LogP contribution is 2.30. The number of nitrogens with zero attached hydrogens (tertiary/aromatic N) is 1. The number of nitrogens with one attached hydrogen (secondary N) is 1. The number of likely N-dealkylation sites (tertiary alicyclic amines) is 1. The molecule has 1 saturated carbocycles. The number of carbonyl (C=O) groups is 2. The fraction of sp³-hybridized carbons (Fsp3) is 0.867. The van der Waals surface area contributed by atoms with Gasteiger partial charge in [0.25, 0.3) is 0 Å². The Morgan fingerprint density at radius 2 is 1.90 bits per heavy atom. The molecule has 2 N–H and O–H groups in total. The maximum atomic E-state index is 12.2. The highest BCUT2D eigenvalue weighted by atomic mass is 16.4. The van der Waals surface area contributed by atoms with Crippen LogP contribution in [0.1, 0.15) is 40.0 Å². The van der Waals surface area contributed by atoms with Crippen LogP contribution in [0.4, 0.5) is 4.79 Å². The van der Waals surface area contributed by atoms with E-state index in [-0.39, 0.29) is 23.9 Å². The van der Waals surface area contributed by atoms with Gasteiger partial charge in [-0.15, -0.1) is 0 Å². The van der Waals surface area contributed by atoms with Crippen LogP contribution < -0.4 is 5.32 Å². The molecular weight excluding hydrogens is 256 g/mol.